The van der Waals surface area contributed by atoms with Crippen LogP contribution in [0, 0.1) is 0 Å². The van der Waals surface area contributed by atoms with Crippen LogP contribution >= 0.6 is 0 Å². The van der Waals surface area contributed by atoms with Gasteiger partial charge in [-0.2, -0.15) is 5.10 Å². The maximum Gasteiger partial charge on any atom is 0.410 e. The summed E-state index contributed by atoms with van der Waals surface area (Å²) in [7, 11) is 0. The van der Waals surface area contributed by atoms with Crippen molar-refractivity contribution < 1.29 is 38.2 Å². The van der Waals surface area contributed by atoms with Gasteiger partial charge in [0.05, 0.1) is 36.8 Å². The van der Waals surface area contributed by atoms with E-state index in [2.05, 4.69) is 30.6 Å². The van der Waals surface area contributed by atoms with Gasteiger partial charge in [-0.3, -0.25) is 44.2 Å². The number of H-pyrrole nitrogens is 1. The molecule has 1 aliphatic carbocycles. The summed E-state index contributed by atoms with van der Waals surface area (Å²) in [6, 6.07) is 14.1. The summed E-state index contributed by atoms with van der Waals surface area (Å²) in [5, 5.41) is 12.5. The number of carbonyl (C=O) groups is 6. The Labute approximate surface area is 323 Å². The van der Waals surface area contributed by atoms with E-state index in [1.165, 1.54) is 0 Å². The number of anilines is 2. The minimum Gasteiger partial charge on any atom is -0.446 e. The van der Waals surface area contributed by atoms with Crippen molar-refractivity contribution in [3.63, 3.8) is 0 Å². The molecule has 56 heavy (non-hydrogen) atoms. The zero-order valence-corrected chi connectivity index (χ0v) is 31.3. The number of nitrogens with zero attached hydrogens (tertiary/aromatic N) is 5. The summed E-state index contributed by atoms with van der Waals surface area (Å²) in [5.74, 6) is -1.57. The van der Waals surface area contributed by atoms with Crippen LogP contribution in [0.25, 0.3) is 0 Å². The maximum atomic E-state index is 13.3. The SMILES string of the molecule is C[C@@H]1COCCN1C(=O)O[C@@H]1CC[C@H](c2cc(NC(=O)Cc3ccc(CN4CCN(c5ccc6c(c5)C(=O)N(C5CCC(=O)NC5=O)C6=O)CC4)cc3)n[nH]2)C1. The molecule has 16 nitrogen and oxygen atoms in total. The molecule has 2 aromatic carbocycles. The van der Waals surface area contributed by atoms with Crippen LogP contribution in [0.1, 0.15) is 82.5 Å². The molecule has 1 unspecified atom stereocenters. The minimum absolute atomic E-state index is 0.000412. The Hall–Kier alpha value is -5.61. The van der Waals surface area contributed by atoms with Crippen LogP contribution in [-0.4, -0.2) is 125 Å². The van der Waals surface area contributed by atoms with Crippen LogP contribution < -0.4 is 15.5 Å². The first kappa shape index (κ1) is 37.3. The Kier molecular flexibility index (Phi) is 10.6. The molecule has 16 heteroatoms. The van der Waals surface area contributed by atoms with E-state index in [1.807, 2.05) is 43.3 Å². The molecule has 5 heterocycles. The zero-order chi connectivity index (χ0) is 38.9. The number of morpholine rings is 1. The fraction of sp³-hybridized carbons (Fsp3) is 0.475. The summed E-state index contributed by atoms with van der Waals surface area (Å²) in [5.41, 5.74) is 4.33. The zero-order valence-electron chi connectivity index (χ0n) is 31.3. The highest BCUT2D eigenvalue weighted by molar-refractivity contribution is 6.23. The van der Waals surface area contributed by atoms with E-state index in [-0.39, 0.29) is 60.5 Å². The Morgan fingerprint density at radius 2 is 1.68 bits per heavy atom. The second-order valence-electron chi connectivity index (χ2n) is 15.3. The van der Waals surface area contributed by atoms with Crippen molar-refractivity contribution in [2.24, 2.45) is 0 Å². The van der Waals surface area contributed by atoms with E-state index < -0.39 is 29.7 Å². The molecular weight excluding hydrogens is 720 g/mol. The Morgan fingerprint density at radius 3 is 2.45 bits per heavy atom. The number of rotatable bonds is 9. The van der Waals surface area contributed by atoms with Crippen molar-refractivity contribution in [2.75, 3.05) is 56.2 Å². The number of nitrogens with one attached hydrogen (secondary N) is 3. The lowest BCUT2D eigenvalue weighted by molar-refractivity contribution is -0.136. The van der Waals surface area contributed by atoms with Gasteiger partial charge in [-0.05, 0) is 61.9 Å². The molecular formula is C40H46N8O8. The summed E-state index contributed by atoms with van der Waals surface area (Å²) < 4.78 is 11.2. The standard InChI is InChI=1S/C40H46N8O8/c1-24-23-55-17-16-47(24)40(54)56-29-8-6-27(19-29)32-21-34(44-43-32)41-36(50)18-25-2-4-26(5-3-25)22-45-12-14-46(15-13-45)28-7-9-30-31(20-28)39(53)48(38(30)52)33-10-11-35(49)42-37(33)51/h2-5,7,9,20-21,24,27,29,33H,6,8,10-19,22-23H2,1H3,(H,42,49,51)(H2,41,43,44,50)/t24-,27+,29-,33?/m1/s1. The van der Waals surface area contributed by atoms with Crippen molar-refractivity contribution in [1.82, 2.24) is 30.2 Å². The monoisotopic (exact) mass is 766 g/mol. The summed E-state index contributed by atoms with van der Waals surface area (Å²) in [4.78, 5) is 83.2. The Bertz CT molecular complexity index is 2030. The van der Waals surface area contributed by atoms with Gasteiger partial charge in [0.25, 0.3) is 11.8 Å². The number of ether oxygens (including phenoxy) is 2. The van der Waals surface area contributed by atoms with Crippen LogP contribution in [-0.2, 0) is 36.8 Å². The van der Waals surface area contributed by atoms with Gasteiger partial charge in [-0.1, -0.05) is 24.3 Å². The molecule has 6 amide bonds. The first-order valence-corrected chi connectivity index (χ1v) is 19.4. The predicted octanol–water partition coefficient (Wildman–Crippen LogP) is 2.81. The molecule has 4 aliphatic heterocycles. The third kappa shape index (κ3) is 7.89. The number of amides is 6. The average molecular weight is 767 g/mol. The second-order valence-corrected chi connectivity index (χ2v) is 15.3. The van der Waals surface area contributed by atoms with Crippen molar-refractivity contribution >= 4 is 47.1 Å². The average Bonchev–Trinajstić information content (AvgIpc) is 3.91. The van der Waals surface area contributed by atoms with E-state index in [1.54, 1.807) is 17.0 Å². The highest BCUT2D eigenvalue weighted by atomic mass is 16.6. The van der Waals surface area contributed by atoms with Crippen molar-refractivity contribution in [1.29, 1.82) is 0 Å². The van der Waals surface area contributed by atoms with Crippen LogP contribution in [0.5, 0.6) is 0 Å². The second kappa shape index (κ2) is 15.9. The van der Waals surface area contributed by atoms with Crippen LogP contribution in [0.15, 0.2) is 48.5 Å². The van der Waals surface area contributed by atoms with E-state index in [0.717, 1.165) is 73.0 Å². The van der Waals surface area contributed by atoms with E-state index in [4.69, 9.17) is 9.47 Å². The van der Waals surface area contributed by atoms with Gasteiger partial charge in [0.1, 0.15) is 12.1 Å². The number of hydrogen-bond donors (Lipinski definition) is 3. The molecule has 4 atom stereocenters. The van der Waals surface area contributed by atoms with Crippen molar-refractivity contribution in [3.05, 3.63) is 76.5 Å². The van der Waals surface area contributed by atoms with Crippen molar-refractivity contribution in [2.45, 2.75) is 76.1 Å². The normalized spacial score (nSPS) is 24.3. The van der Waals surface area contributed by atoms with Crippen LogP contribution in [0.3, 0.4) is 0 Å². The molecule has 3 aromatic rings. The number of aromatic amines is 1. The maximum absolute atomic E-state index is 13.3. The lowest BCUT2D eigenvalue weighted by Gasteiger charge is -2.36. The Morgan fingerprint density at radius 1 is 0.911 bits per heavy atom. The molecule has 0 bridgehead atoms. The first-order chi connectivity index (χ1) is 27.1. The number of imide groups is 2. The number of aromatic nitrogens is 2. The van der Waals surface area contributed by atoms with Crippen LogP contribution in [0.4, 0.5) is 16.3 Å². The van der Waals surface area contributed by atoms with Gasteiger partial charge in [0.15, 0.2) is 5.82 Å². The lowest BCUT2D eigenvalue weighted by atomic mass is 10.0. The highest BCUT2D eigenvalue weighted by Gasteiger charge is 2.45. The van der Waals surface area contributed by atoms with E-state index in [0.29, 0.717) is 32.0 Å². The topological polar surface area (TPSA) is 187 Å². The number of benzene rings is 2. The molecule has 294 valence electrons. The molecule has 0 radical (unpaired) electrons. The Balaban J connectivity index is 0.775. The number of hydrogen-bond acceptors (Lipinski definition) is 11. The third-order valence-corrected chi connectivity index (χ3v) is 11.5. The fourth-order valence-corrected chi connectivity index (χ4v) is 8.36. The van der Waals surface area contributed by atoms with Gasteiger partial charge in [-0.25, -0.2) is 4.79 Å². The number of fused-ring (bicyclic) bond motifs is 1. The molecule has 0 spiro atoms. The van der Waals surface area contributed by atoms with Gasteiger partial charge in [-0.15, -0.1) is 0 Å². The highest BCUT2D eigenvalue weighted by Crippen LogP contribution is 2.36. The first-order valence-electron chi connectivity index (χ1n) is 19.4. The van der Waals surface area contributed by atoms with Gasteiger partial charge in [0.2, 0.25) is 17.7 Å². The summed E-state index contributed by atoms with van der Waals surface area (Å²) in [6.45, 7) is 7.34. The lowest BCUT2D eigenvalue weighted by Crippen LogP contribution is -2.54. The van der Waals surface area contributed by atoms with Gasteiger partial charge >= 0.3 is 6.09 Å². The van der Waals surface area contributed by atoms with Gasteiger partial charge in [0, 0.05) is 69.1 Å². The molecule has 3 saturated heterocycles. The van der Waals surface area contributed by atoms with E-state index >= 15 is 0 Å². The van der Waals surface area contributed by atoms with Gasteiger partial charge < -0.3 is 24.6 Å². The molecule has 1 aromatic heterocycles. The quantitative estimate of drug-likeness (QED) is 0.272. The molecule has 5 aliphatic rings. The smallest absolute Gasteiger partial charge is 0.410 e. The fourth-order valence-electron chi connectivity index (χ4n) is 8.36. The van der Waals surface area contributed by atoms with Crippen molar-refractivity contribution in [3.8, 4) is 0 Å². The minimum atomic E-state index is -0.989. The molecule has 3 N–H and O–H groups in total. The number of carbonyl (C=O) groups excluding carboxylic acids is 6. The predicted molar refractivity (Wildman–Crippen MR) is 202 cm³/mol. The molecule has 1 saturated carbocycles. The van der Waals surface area contributed by atoms with E-state index in [9.17, 15) is 28.8 Å². The largest absolute Gasteiger partial charge is 0.446 e. The third-order valence-electron chi connectivity index (χ3n) is 11.5. The molecule has 4 fully saturated rings. The number of piperazine rings is 1. The van der Waals surface area contributed by atoms with Crippen LogP contribution in [0.2, 0.25) is 0 Å². The summed E-state index contributed by atoms with van der Waals surface area (Å²) in [6.07, 6.45) is 2.32. The summed E-state index contributed by atoms with van der Waals surface area (Å²) >= 11 is 0. The number of piperidine rings is 1. The molecule has 8 rings (SSSR count).